The molecule has 1 fully saturated rings. The average Bonchev–Trinajstić information content (AvgIpc) is 2.92. The van der Waals surface area contributed by atoms with Gasteiger partial charge in [0.1, 0.15) is 17.2 Å². The molecule has 6 nitrogen and oxygen atoms in total. The summed E-state index contributed by atoms with van der Waals surface area (Å²) in [6.07, 6.45) is 5.91. The minimum absolute atomic E-state index is 0.510. The summed E-state index contributed by atoms with van der Waals surface area (Å²) >= 11 is 0. The van der Waals surface area contributed by atoms with E-state index in [2.05, 4.69) is 26.9 Å². The van der Waals surface area contributed by atoms with Gasteiger partial charge in [-0.25, -0.2) is 9.97 Å². The summed E-state index contributed by atoms with van der Waals surface area (Å²) in [5.41, 5.74) is 7.57. The molecule has 3 aromatic rings. The van der Waals surface area contributed by atoms with Crippen LogP contribution in [0.4, 0.5) is 5.82 Å². The lowest BCUT2D eigenvalue weighted by molar-refractivity contribution is 0.160. The fourth-order valence-corrected chi connectivity index (χ4v) is 3.19. The fraction of sp³-hybridized carbons (Fsp3) is 0.412. The first kappa shape index (κ1) is 14.3. The van der Waals surface area contributed by atoms with E-state index >= 15 is 0 Å². The Bertz CT molecular complexity index is 835. The lowest BCUT2D eigenvalue weighted by Gasteiger charge is -2.28. The quantitative estimate of drug-likeness (QED) is 0.776. The first-order chi connectivity index (χ1) is 11.2. The SMILES string of the molecule is CN1CCC(COc2cnc3[nH]c4cnc(N)cc4c3c2)CC1. The van der Waals surface area contributed by atoms with Crippen molar-refractivity contribution in [2.24, 2.45) is 5.92 Å². The standard InChI is InChI=1S/C17H21N5O/c1-22-4-2-11(3-5-22)10-23-12-6-14-13-7-16(18)19-9-15(13)21-17(14)20-8-12/h6-9,11H,2-5,10H2,1H3,(H2,18,19)(H,20,21). The van der Waals surface area contributed by atoms with Gasteiger partial charge < -0.3 is 20.4 Å². The molecule has 23 heavy (non-hydrogen) atoms. The van der Waals surface area contributed by atoms with Crippen molar-refractivity contribution in [2.45, 2.75) is 12.8 Å². The Balaban J connectivity index is 1.56. The van der Waals surface area contributed by atoms with Crippen LogP contribution >= 0.6 is 0 Å². The third-order valence-corrected chi connectivity index (χ3v) is 4.65. The number of H-pyrrole nitrogens is 1. The highest BCUT2D eigenvalue weighted by Crippen LogP contribution is 2.28. The zero-order chi connectivity index (χ0) is 15.8. The van der Waals surface area contributed by atoms with Crippen LogP contribution in [-0.4, -0.2) is 46.6 Å². The van der Waals surface area contributed by atoms with Gasteiger partial charge in [-0.05, 0) is 51.0 Å². The maximum atomic E-state index is 6.00. The Morgan fingerprint density at radius 1 is 1.22 bits per heavy atom. The monoisotopic (exact) mass is 311 g/mol. The first-order valence-electron chi connectivity index (χ1n) is 8.03. The number of nitrogens with one attached hydrogen (secondary N) is 1. The summed E-state index contributed by atoms with van der Waals surface area (Å²) in [4.78, 5) is 14.2. The minimum atomic E-state index is 0.510. The van der Waals surface area contributed by atoms with E-state index in [1.807, 2.05) is 12.1 Å². The average molecular weight is 311 g/mol. The van der Waals surface area contributed by atoms with Gasteiger partial charge in [0.05, 0.1) is 24.5 Å². The maximum Gasteiger partial charge on any atom is 0.138 e. The number of piperidine rings is 1. The predicted molar refractivity (Wildman–Crippen MR) is 91.5 cm³/mol. The van der Waals surface area contributed by atoms with E-state index < -0.39 is 0 Å². The molecule has 0 aromatic carbocycles. The first-order valence-corrected chi connectivity index (χ1v) is 8.03. The molecule has 0 aliphatic carbocycles. The molecule has 1 aliphatic rings. The van der Waals surface area contributed by atoms with Gasteiger partial charge >= 0.3 is 0 Å². The number of anilines is 1. The molecule has 0 unspecified atom stereocenters. The van der Waals surface area contributed by atoms with Crippen molar-refractivity contribution in [1.82, 2.24) is 19.9 Å². The molecule has 120 valence electrons. The van der Waals surface area contributed by atoms with Crippen molar-refractivity contribution in [1.29, 1.82) is 0 Å². The van der Waals surface area contributed by atoms with Gasteiger partial charge in [0.2, 0.25) is 0 Å². The number of nitrogens with two attached hydrogens (primary N) is 1. The van der Waals surface area contributed by atoms with Gasteiger partial charge in [-0.15, -0.1) is 0 Å². The van der Waals surface area contributed by atoms with Crippen LogP contribution in [0.2, 0.25) is 0 Å². The lowest BCUT2D eigenvalue weighted by atomic mass is 9.98. The summed E-state index contributed by atoms with van der Waals surface area (Å²) in [6.45, 7) is 3.06. The molecule has 3 N–H and O–H groups in total. The zero-order valence-corrected chi connectivity index (χ0v) is 13.2. The third kappa shape index (κ3) is 2.82. The Labute approximate surface area is 134 Å². The number of aromatic amines is 1. The third-order valence-electron chi connectivity index (χ3n) is 4.65. The molecular weight excluding hydrogens is 290 g/mol. The summed E-state index contributed by atoms with van der Waals surface area (Å²) < 4.78 is 6.00. The van der Waals surface area contributed by atoms with Crippen LogP contribution in [0.1, 0.15) is 12.8 Å². The van der Waals surface area contributed by atoms with E-state index in [9.17, 15) is 0 Å². The van der Waals surface area contributed by atoms with E-state index in [4.69, 9.17) is 10.5 Å². The molecule has 0 amide bonds. The van der Waals surface area contributed by atoms with Gasteiger partial charge in [-0.3, -0.25) is 0 Å². The van der Waals surface area contributed by atoms with Crippen molar-refractivity contribution in [3.05, 3.63) is 24.5 Å². The van der Waals surface area contributed by atoms with Crippen molar-refractivity contribution in [3.8, 4) is 5.75 Å². The van der Waals surface area contributed by atoms with Gasteiger partial charge in [0.15, 0.2) is 0 Å². The topological polar surface area (TPSA) is 80.1 Å². The Morgan fingerprint density at radius 2 is 2.04 bits per heavy atom. The number of hydrogen-bond acceptors (Lipinski definition) is 5. The summed E-state index contributed by atoms with van der Waals surface area (Å²) in [6, 6.07) is 3.91. The highest BCUT2D eigenvalue weighted by molar-refractivity contribution is 6.06. The lowest BCUT2D eigenvalue weighted by Crippen LogP contribution is -2.32. The Hall–Kier alpha value is -2.34. The van der Waals surface area contributed by atoms with Crippen LogP contribution in [-0.2, 0) is 0 Å². The second kappa shape index (κ2) is 5.70. The maximum absolute atomic E-state index is 6.00. The van der Waals surface area contributed by atoms with E-state index in [0.717, 1.165) is 47.4 Å². The van der Waals surface area contributed by atoms with Crippen LogP contribution in [0.3, 0.4) is 0 Å². The second-order valence-electron chi connectivity index (χ2n) is 6.40. The molecule has 1 aliphatic heterocycles. The van der Waals surface area contributed by atoms with E-state index in [1.165, 1.54) is 12.8 Å². The zero-order valence-electron chi connectivity index (χ0n) is 13.2. The summed E-state index contributed by atoms with van der Waals surface area (Å²) in [5.74, 6) is 1.95. The molecule has 0 bridgehead atoms. The number of fused-ring (bicyclic) bond motifs is 3. The van der Waals surface area contributed by atoms with Crippen molar-refractivity contribution in [2.75, 3.05) is 32.5 Å². The summed E-state index contributed by atoms with van der Waals surface area (Å²) in [5, 5.41) is 2.06. The number of likely N-dealkylation sites (tertiary alicyclic amines) is 1. The van der Waals surface area contributed by atoms with Crippen LogP contribution in [0.25, 0.3) is 21.9 Å². The molecule has 6 heteroatoms. The van der Waals surface area contributed by atoms with Gasteiger partial charge in [-0.2, -0.15) is 0 Å². The number of nitrogen functional groups attached to an aromatic ring is 1. The Morgan fingerprint density at radius 3 is 2.87 bits per heavy atom. The highest BCUT2D eigenvalue weighted by Gasteiger charge is 2.17. The molecule has 4 rings (SSSR count). The number of ether oxygens (including phenoxy) is 1. The van der Waals surface area contributed by atoms with Crippen LogP contribution < -0.4 is 10.5 Å². The normalized spacial score (nSPS) is 17.1. The van der Waals surface area contributed by atoms with Crippen LogP contribution in [0.5, 0.6) is 5.75 Å². The van der Waals surface area contributed by atoms with E-state index in [1.54, 1.807) is 12.4 Å². The van der Waals surface area contributed by atoms with Gasteiger partial charge in [-0.1, -0.05) is 0 Å². The number of hydrogen-bond donors (Lipinski definition) is 2. The van der Waals surface area contributed by atoms with E-state index in [-0.39, 0.29) is 0 Å². The molecule has 3 aromatic heterocycles. The highest BCUT2D eigenvalue weighted by atomic mass is 16.5. The molecule has 1 saturated heterocycles. The molecule has 0 radical (unpaired) electrons. The largest absolute Gasteiger partial charge is 0.492 e. The van der Waals surface area contributed by atoms with Crippen molar-refractivity contribution >= 4 is 27.8 Å². The predicted octanol–water partition coefficient (Wildman–Crippen LogP) is 2.41. The molecular formula is C17H21N5O. The number of pyridine rings is 2. The molecule has 0 saturated carbocycles. The summed E-state index contributed by atoms with van der Waals surface area (Å²) in [7, 11) is 2.17. The fourth-order valence-electron chi connectivity index (χ4n) is 3.19. The van der Waals surface area contributed by atoms with Gasteiger partial charge in [0.25, 0.3) is 0 Å². The smallest absolute Gasteiger partial charge is 0.138 e. The Kier molecular flexibility index (Phi) is 3.53. The number of aromatic nitrogens is 3. The number of rotatable bonds is 3. The van der Waals surface area contributed by atoms with Gasteiger partial charge in [0, 0.05) is 10.8 Å². The molecule has 0 atom stereocenters. The van der Waals surface area contributed by atoms with Crippen LogP contribution in [0.15, 0.2) is 24.5 Å². The molecule has 0 spiro atoms. The van der Waals surface area contributed by atoms with E-state index in [0.29, 0.717) is 11.7 Å². The van der Waals surface area contributed by atoms with Crippen molar-refractivity contribution < 1.29 is 4.74 Å². The van der Waals surface area contributed by atoms with Crippen molar-refractivity contribution in [3.63, 3.8) is 0 Å². The number of nitrogens with zero attached hydrogens (tertiary/aromatic N) is 3. The molecule has 4 heterocycles. The second-order valence-corrected chi connectivity index (χ2v) is 6.40. The van der Waals surface area contributed by atoms with Crippen LogP contribution in [0, 0.1) is 5.92 Å². The minimum Gasteiger partial charge on any atom is -0.492 e.